The van der Waals surface area contributed by atoms with E-state index in [9.17, 15) is 9.59 Å². The van der Waals surface area contributed by atoms with Crippen molar-refractivity contribution in [3.63, 3.8) is 0 Å². The molecule has 0 unspecified atom stereocenters. The van der Waals surface area contributed by atoms with Gasteiger partial charge in [0.15, 0.2) is 5.81 Å². The number of nitrogens with two attached hydrogens (primary N) is 2. The van der Waals surface area contributed by atoms with E-state index in [4.69, 9.17) is 11.7 Å². The maximum absolute atomic E-state index is 12.1. The van der Waals surface area contributed by atoms with Gasteiger partial charge in [0.2, 0.25) is 13.2 Å². The summed E-state index contributed by atoms with van der Waals surface area (Å²) in [5.74, 6) is 9.85. The monoisotopic (exact) mass is 267 g/mol. The highest BCUT2D eigenvalue weighted by molar-refractivity contribution is 6.73. The smallest absolute Gasteiger partial charge is 0.239 e. The van der Waals surface area contributed by atoms with Gasteiger partial charge in [-0.1, -0.05) is 44.8 Å². The van der Waals surface area contributed by atoms with Gasteiger partial charge in [-0.15, -0.1) is 0 Å². The van der Waals surface area contributed by atoms with Crippen molar-refractivity contribution in [2.45, 2.75) is 57.7 Å². The summed E-state index contributed by atoms with van der Waals surface area (Å²) in [5, 5.41) is 0. The molecule has 1 aliphatic rings. The van der Waals surface area contributed by atoms with Crippen LogP contribution in [0.5, 0.6) is 0 Å². The molecule has 0 bridgehead atoms. The van der Waals surface area contributed by atoms with E-state index in [0.29, 0.717) is 6.32 Å². The number of hydrogen-bond donors (Lipinski definition) is 4. The second kappa shape index (κ2) is 8.17. The van der Waals surface area contributed by atoms with Crippen molar-refractivity contribution in [1.82, 2.24) is 10.9 Å². The highest BCUT2D eigenvalue weighted by Gasteiger charge is 2.37. The molecule has 0 aromatic carbocycles. The minimum atomic E-state index is -0.564. The van der Waals surface area contributed by atoms with Crippen LogP contribution in [-0.2, 0) is 4.79 Å². The topological polar surface area (TPSA) is 110 Å². The molecule has 107 valence electrons. The Hall–Kier alpha value is -1.08. The number of carbonyl (C=O) groups excluding carboxylic acids is 2. The molecule has 2 amide bonds. The molecule has 7 heteroatoms. The highest BCUT2D eigenvalue weighted by Crippen LogP contribution is 2.37. The Morgan fingerprint density at radius 3 is 1.95 bits per heavy atom. The first-order valence-corrected chi connectivity index (χ1v) is 6.99. The Morgan fingerprint density at radius 2 is 1.47 bits per heavy atom. The van der Waals surface area contributed by atoms with E-state index in [0.717, 1.165) is 38.5 Å². The minimum absolute atomic E-state index is 0.171. The van der Waals surface area contributed by atoms with Gasteiger partial charge in [0, 0.05) is 5.41 Å². The number of hydrazine groups is 2. The summed E-state index contributed by atoms with van der Waals surface area (Å²) >= 11 is 0. The lowest BCUT2D eigenvalue weighted by Gasteiger charge is -2.31. The van der Waals surface area contributed by atoms with Crippen LogP contribution in [0.25, 0.3) is 0 Å². The van der Waals surface area contributed by atoms with Crippen LogP contribution in [0.1, 0.15) is 51.4 Å². The molecular weight excluding hydrogens is 243 g/mol. The van der Waals surface area contributed by atoms with E-state index < -0.39 is 5.41 Å². The van der Waals surface area contributed by atoms with Crippen LogP contribution in [0, 0.1) is 5.41 Å². The Bertz CT molecular complexity index is 302. The Balaban J connectivity index is 2.75. The lowest BCUT2D eigenvalue weighted by Crippen LogP contribution is -2.46. The second-order valence-corrected chi connectivity index (χ2v) is 5.29. The van der Waals surface area contributed by atoms with E-state index in [1.165, 1.54) is 20.1 Å². The fraction of sp³-hybridized carbons (Fsp3) is 0.833. The van der Waals surface area contributed by atoms with E-state index in [2.05, 4.69) is 10.9 Å². The first-order valence-electron chi connectivity index (χ1n) is 6.99. The zero-order chi connectivity index (χ0) is 14.1. The standard InChI is InChI=1S/C12H24BN4O2/c14-16-10(18)12(9-13-11(19)17-15)7-5-3-1-2-4-6-8-12/h1-9,14-15H2,(H,16,18)(H,17,19). The molecule has 1 radical (unpaired) electrons. The molecule has 1 fully saturated rings. The molecule has 1 aliphatic carbocycles. The fourth-order valence-corrected chi connectivity index (χ4v) is 2.78. The third kappa shape index (κ3) is 4.83. The molecule has 0 aromatic rings. The molecule has 6 nitrogen and oxygen atoms in total. The predicted octanol–water partition coefficient (Wildman–Crippen LogP) is 0.803. The van der Waals surface area contributed by atoms with Crippen molar-refractivity contribution in [1.29, 1.82) is 0 Å². The first kappa shape index (κ1) is 16.0. The molecule has 0 saturated heterocycles. The van der Waals surface area contributed by atoms with Gasteiger partial charge in [0.25, 0.3) is 0 Å². The van der Waals surface area contributed by atoms with Crippen molar-refractivity contribution in [2.75, 3.05) is 0 Å². The summed E-state index contributed by atoms with van der Waals surface area (Å²) in [6.45, 7) is 0. The molecule has 0 atom stereocenters. The SMILES string of the molecule is NNC(=O)[B]CC1(C(=O)NN)CCCCCCCC1. The van der Waals surface area contributed by atoms with E-state index in [-0.39, 0.29) is 11.7 Å². The van der Waals surface area contributed by atoms with Gasteiger partial charge in [-0.25, -0.2) is 11.7 Å². The van der Waals surface area contributed by atoms with Crippen molar-refractivity contribution >= 4 is 19.0 Å². The minimum Gasteiger partial charge on any atom is -0.304 e. The van der Waals surface area contributed by atoms with Crippen molar-refractivity contribution in [2.24, 2.45) is 17.1 Å². The van der Waals surface area contributed by atoms with Crippen LogP contribution < -0.4 is 22.5 Å². The van der Waals surface area contributed by atoms with Crippen LogP contribution in [-0.4, -0.2) is 19.0 Å². The maximum Gasteiger partial charge on any atom is 0.239 e. The molecule has 19 heavy (non-hydrogen) atoms. The number of carbonyl (C=O) groups is 2. The van der Waals surface area contributed by atoms with E-state index in [1.54, 1.807) is 0 Å². The molecule has 0 spiro atoms. The third-order valence-electron chi connectivity index (χ3n) is 3.99. The zero-order valence-corrected chi connectivity index (χ0v) is 11.4. The normalized spacial score (nSPS) is 19.5. The van der Waals surface area contributed by atoms with E-state index >= 15 is 0 Å². The molecule has 6 N–H and O–H groups in total. The maximum atomic E-state index is 12.1. The Labute approximate surface area is 115 Å². The molecular formula is C12H24BN4O2. The average Bonchev–Trinajstić information content (AvgIpc) is 2.56. The van der Waals surface area contributed by atoms with Crippen LogP contribution in [0.4, 0.5) is 4.79 Å². The molecule has 0 aliphatic heterocycles. The van der Waals surface area contributed by atoms with Gasteiger partial charge < -0.3 is 5.43 Å². The summed E-state index contributed by atoms with van der Waals surface area (Å²) in [6.07, 6.45) is 8.59. The Morgan fingerprint density at radius 1 is 0.947 bits per heavy atom. The zero-order valence-electron chi connectivity index (χ0n) is 11.4. The van der Waals surface area contributed by atoms with Crippen LogP contribution in [0.2, 0.25) is 6.32 Å². The average molecular weight is 267 g/mol. The number of hydrogen-bond acceptors (Lipinski definition) is 4. The summed E-state index contributed by atoms with van der Waals surface area (Å²) in [4.78, 5) is 23.4. The lowest BCUT2D eigenvalue weighted by atomic mass is 9.59. The Kier molecular flexibility index (Phi) is 6.87. The van der Waals surface area contributed by atoms with Gasteiger partial charge in [-0.3, -0.25) is 15.0 Å². The predicted molar refractivity (Wildman–Crippen MR) is 75.0 cm³/mol. The van der Waals surface area contributed by atoms with Crippen LogP contribution >= 0.6 is 0 Å². The summed E-state index contributed by atoms with van der Waals surface area (Å²) in [7, 11) is 1.45. The number of rotatable bonds is 4. The lowest BCUT2D eigenvalue weighted by molar-refractivity contribution is -0.131. The second-order valence-electron chi connectivity index (χ2n) is 5.29. The summed E-state index contributed by atoms with van der Waals surface area (Å²) in [5.41, 5.74) is 3.76. The van der Waals surface area contributed by atoms with Crippen LogP contribution in [0.15, 0.2) is 0 Å². The summed E-state index contributed by atoms with van der Waals surface area (Å²) < 4.78 is 0. The summed E-state index contributed by atoms with van der Waals surface area (Å²) in [6, 6.07) is 0. The third-order valence-corrected chi connectivity index (χ3v) is 3.99. The van der Waals surface area contributed by atoms with Gasteiger partial charge in [0.1, 0.15) is 0 Å². The molecule has 0 heterocycles. The van der Waals surface area contributed by atoms with E-state index in [1.807, 2.05) is 0 Å². The van der Waals surface area contributed by atoms with Crippen molar-refractivity contribution in [3.05, 3.63) is 0 Å². The van der Waals surface area contributed by atoms with Gasteiger partial charge >= 0.3 is 0 Å². The molecule has 0 aromatic heterocycles. The molecule has 1 saturated carbocycles. The number of amides is 2. The van der Waals surface area contributed by atoms with Gasteiger partial charge in [-0.05, 0) is 12.8 Å². The van der Waals surface area contributed by atoms with Gasteiger partial charge in [0.05, 0.1) is 0 Å². The highest BCUT2D eigenvalue weighted by atomic mass is 16.2. The fourth-order valence-electron chi connectivity index (χ4n) is 2.78. The largest absolute Gasteiger partial charge is 0.304 e. The van der Waals surface area contributed by atoms with Crippen LogP contribution in [0.3, 0.4) is 0 Å². The number of nitrogens with one attached hydrogen (secondary N) is 2. The van der Waals surface area contributed by atoms with Crippen molar-refractivity contribution in [3.8, 4) is 0 Å². The van der Waals surface area contributed by atoms with Gasteiger partial charge in [-0.2, -0.15) is 0 Å². The van der Waals surface area contributed by atoms with Crippen molar-refractivity contribution < 1.29 is 9.59 Å². The molecule has 1 rings (SSSR count). The quantitative estimate of drug-likeness (QED) is 0.261. The first-order chi connectivity index (χ1) is 9.14.